The molecule has 0 N–H and O–H groups in total. The highest BCUT2D eigenvalue weighted by atomic mass is 32.1. The highest BCUT2D eigenvalue weighted by Crippen LogP contribution is 2.28. The maximum Gasteiger partial charge on any atom is 0.208 e. The van der Waals surface area contributed by atoms with E-state index in [0.717, 1.165) is 35.1 Å². The molecule has 17 heavy (non-hydrogen) atoms. The third kappa shape index (κ3) is 3.66. The van der Waals surface area contributed by atoms with Crippen LogP contribution in [0.5, 0.6) is 0 Å². The van der Waals surface area contributed by atoms with E-state index in [1.807, 2.05) is 6.92 Å². The SMILES string of the molecule is Cc1nnc(N2CCC(CCC(C)C)CC2)s1. The van der Waals surface area contributed by atoms with E-state index in [9.17, 15) is 0 Å². The molecule has 0 aromatic carbocycles. The van der Waals surface area contributed by atoms with Gasteiger partial charge in [0.25, 0.3) is 0 Å². The van der Waals surface area contributed by atoms with Crippen molar-refractivity contribution in [2.24, 2.45) is 11.8 Å². The number of hydrogen-bond donors (Lipinski definition) is 0. The zero-order valence-corrected chi connectivity index (χ0v) is 12.0. The second kappa shape index (κ2) is 5.80. The van der Waals surface area contributed by atoms with Crippen LogP contribution < -0.4 is 4.90 Å². The van der Waals surface area contributed by atoms with Crippen molar-refractivity contribution in [3.8, 4) is 0 Å². The van der Waals surface area contributed by atoms with Crippen LogP contribution in [0.2, 0.25) is 0 Å². The lowest BCUT2D eigenvalue weighted by Crippen LogP contribution is -2.33. The van der Waals surface area contributed by atoms with Gasteiger partial charge in [-0.25, -0.2) is 0 Å². The van der Waals surface area contributed by atoms with Crippen molar-refractivity contribution >= 4 is 16.5 Å². The number of anilines is 1. The Hall–Kier alpha value is -0.640. The average molecular weight is 253 g/mol. The van der Waals surface area contributed by atoms with E-state index in [1.165, 1.54) is 25.7 Å². The lowest BCUT2D eigenvalue weighted by atomic mass is 9.90. The molecule has 0 unspecified atom stereocenters. The van der Waals surface area contributed by atoms with Gasteiger partial charge in [0.1, 0.15) is 5.01 Å². The first-order chi connectivity index (χ1) is 8.15. The molecule has 0 spiro atoms. The van der Waals surface area contributed by atoms with E-state index in [0.29, 0.717) is 0 Å². The van der Waals surface area contributed by atoms with Crippen LogP contribution in [-0.2, 0) is 0 Å². The predicted molar refractivity (Wildman–Crippen MR) is 73.7 cm³/mol. The average Bonchev–Trinajstić information content (AvgIpc) is 2.74. The number of rotatable bonds is 4. The number of aromatic nitrogens is 2. The third-order valence-electron chi connectivity index (χ3n) is 3.55. The van der Waals surface area contributed by atoms with E-state index < -0.39 is 0 Å². The molecule has 1 aliphatic rings. The topological polar surface area (TPSA) is 29.0 Å². The summed E-state index contributed by atoms with van der Waals surface area (Å²) in [6.45, 7) is 8.99. The summed E-state index contributed by atoms with van der Waals surface area (Å²) in [7, 11) is 0. The van der Waals surface area contributed by atoms with Crippen LogP contribution in [0.1, 0.15) is 44.5 Å². The fourth-order valence-corrected chi connectivity index (χ4v) is 3.14. The molecule has 1 aromatic heterocycles. The van der Waals surface area contributed by atoms with Gasteiger partial charge < -0.3 is 4.90 Å². The molecule has 2 heterocycles. The smallest absolute Gasteiger partial charge is 0.208 e. The quantitative estimate of drug-likeness (QED) is 0.822. The summed E-state index contributed by atoms with van der Waals surface area (Å²) >= 11 is 1.72. The Kier molecular flexibility index (Phi) is 4.37. The van der Waals surface area contributed by atoms with Gasteiger partial charge in [-0.3, -0.25) is 0 Å². The minimum atomic E-state index is 0.846. The Labute approximate surface area is 108 Å². The fraction of sp³-hybridized carbons (Fsp3) is 0.846. The molecule has 1 fully saturated rings. The van der Waals surface area contributed by atoms with Crippen molar-refractivity contribution in [2.45, 2.75) is 46.5 Å². The van der Waals surface area contributed by atoms with Gasteiger partial charge in [-0.05, 0) is 31.6 Å². The van der Waals surface area contributed by atoms with Crippen molar-refractivity contribution < 1.29 is 0 Å². The minimum Gasteiger partial charge on any atom is -0.347 e. The van der Waals surface area contributed by atoms with Gasteiger partial charge in [0, 0.05) is 13.1 Å². The van der Waals surface area contributed by atoms with Crippen LogP contribution in [0.3, 0.4) is 0 Å². The summed E-state index contributed by atoms with van der Waals surface area (Å²) in [5.74, 6) is 1.78. The third-order valence-corrected chi connectivity index (χ3v) is 4.45. The molecule has 96 valence electrons. The molecular weight excluding hydrogens is 230 g/mol. The summed E-state index contributed by atoms with van der Waals surface area (Å²) in [5.41, 5.74) is 0. The monoisotopic (exact) mass is 253 g/mol. The molecular formula is C13H23N3S. The largest absolute Gasteiger partial charge is 0.347 e. The fourth-order valence-electron chi connectivity index (χ4n) is 2.40. The van der Waals surface area contributed by atoms with E-state index in [1.54, 1.807) is 11.3 Å². The molecule has 0 bridgehead atoms. The molecule has 0 saturated carbocycles. The first kappa shape index (κ1) is 12.8. The van der Waals surface area contributed by atoms with Crippen molar-refractivity contribution in [3.63, 3.8) is 0 Å². The van der Waals surface area contributed by atoms with Crippen molar-refractivity contribution in [2.75, 3.05) is 18.0 Å². The maximum atomic E-state index is 4.23. The van der Waals surface area contributed by atoms with Crippen LogP contribution in [0, 0.1) is 18.8 Å². The Morgan fingerprint density at radius 3 is 2.53 bits per heavy atom. The van der Waals surface area contributed by atoms with Gasteiger partial charge in [0.2, 0.25) is 5.13 Å². The van der Waals surface area contributed by atoms with Gasteiger partial charge in [-0.15, -0.1) is 10.2 Å². The molecule has 1 aliphatic heterocycles. The predicted octanol–water partition coefficient (Wildman–Crippen LogP) is 3.50. The first-order valence-electron chi connectivity index (χ1n) is 6.70. The van der Waals surface area contributed by atoms with Gasteiger partial charge in [0.15, 0.2) is 0 Å². The second-order valence-electron chi connectivity index (χ2n) is 5.51. The number of aryl methyl sites for hydroxylation is 1. The Bertz CT molecular complexity index is 340. The zero-order chi connectivity index (χ0) is 12.3. The molecule has 3 nitrogen and oxygen atoms in total. The van der Waals surface area contributed by atoms with Crippen LogP contribution >= 0.6 is 11.3 Å². The van der Waals surface area contributed by atoms with Gasteiger partial charge in [-0.2, -0.15) is 0 Å². The summed E-state index contributed by atoms with van der Waals surface area (Å²) in [5, 5.41) is 10.5. The van der Waals surface area contributed by atoms with Gasteiger partial charge in [0.05, 0.1) is 0 Å². The number of nitrogens with zero attached hydrogens (tertiary/aromatic N) is 3. The standard InChI is InChI=1S/C13H23N3S/c1-10(2)4-5-12-6-8-16(9-7-12)13-15-14-11(3)17-13/h10,12H,4-9H2,1-3H3. The lowest BCUT2D eigenvalue weighted by Gasteiger charge is -2.31. The Balaban J connectivity index is 1.78. The van der Waals surface area contributed by atoms with Crippen LogP contribution in [0.4, 0.5) is 5.13 Å². The molecule has 1 saturated heterocycles. The van der Waals surface area contributed by atoms with E-state index in [2.05, 4.69) is 28.9 Å². The van der Waals surface area contributed by atoms with Crippen LogP contribution in [-0.4, -0.2) is 23.3 Å². The van der Waals surface area contributed by atoms with Crippen LogP contribution in [0.25, 0.3) is 0 Å². The maximum absolute atomic E-state index is 4.23. The minimum absolute atomic E-state index is 0.846. The zero-order valence-electron chi connectivity index (χ0n) is 11.1. The van der Waals surface area contributed by atoms with Crippen molar-refractivity contribution in [3.05, 3.63) is 5.01 Å². The van der Waals surface area contributed by atoms with Crippen molar-refractivity contribution in [1.29, 1.82) is 0 Å². The summed E-state index contributed by atoms with van der Waals surface area (Å²) in [6.07, 6.45) is 5.43. The normalized spacial score (nSPS) is 18.0. The molecule has 0 amide bonds. The molecule has 1 aromatic rings. The highest BCUT2D eigenvalue weighted by molar-refractivity contribution is 7.15. The molecule has 4 heteroatoms. The van der Waals surface area contributed by atoms with E-state index in [-0.39, 0.29) is 0 Å². The van der Waals surface area contributed by atoms with Crippen LogP contribution in [0.15, 0.2) is 0 Å². The summed E-state index contributed by atoms with van der Waals surface area (Å²) in [6, 6.07) is 0. The molecule has 0 radical (unpaired) electrons. The van der Waals surface area contributed by atoms with Crippen molar-refractivity contribution in [1.82, 2.24) is 10.2 Å². The van der Waals surface area contributed by atoms with Gasteiger partial charge >= 0.3 is 0 Å². The summed E-state index contributed by atoms with van der Waals surface area (Å²) in [4.78, 5) is 2.40. The highest BCUT2D eigenvalue weighted by Gasteiger charge is 2.21. The van der Waals surface area contributed by atoms with Gasteiger partial charge in [-0.1, -0.05) is 38.0 Å². The molecule has 0 atom stereocenters. The number of hydrogen-bond acceptors (Lipinski definition) is 4. The molecule has 0 aliphatic carbocycles. The number of piperidine rings is 1. The first-order valence-corrected chi connectivity index (χ1v) is 7.52. The second-order valence-corrected chi connectivity index (χ2v) is 6.67. The van der Waals surface area contributed by atoms with E-state index >= 15 is 0 Å². The van der Waals surface area contributed by atoms with E-state index in [4.69, 9.17) is 0 Å². The lowest BCUT2D eigenvalue weighted by molar-refractivity contribution is 0.351. The Morgan fingerprint density at radius 1 is 1.29 bits per heavy atom. The molecule has 2 rings (SSSR count). The summed E-state index contributed by atoms with van der Waals surface area (Å²) < 4.78 is 0. The Morgan fingerprint density at radius 2 is 2.00 bits per heavy atom.